The number of nitrogens with two attached hydrogens (primary N) is 1. The number of aromatic nitrogens is 2. The summed E-state index contributed by atoms with van der Waals surface area (Å²) >= 11 is 0. The minimum absolute atomic E-state index is 0.221. The third-order valence-electron chi connectivity index (χ3n) is 2.33. The van der Waals surface area contributed by atoms with Crippen molar-refractivity contribution in [3.05, 3.63) is 30.2 Å². The van der Waals surface area contributed by atoms with E-state index in [4.69, 9.17) is 10.2 Å². The minimum atomic E-state index is -3.25. The zero-order valence-corrected chi connectivity index (χ0v) is 10.6. The molecule has 18 heavy (non-hydrogen) atoms. The van der Waals surface area contributed by atoms with E-state index in [0.29, 0.717) is 30.3 Å². The van der Waals surface area contributed by atoms with E-state index in [9.17, 15) is 8.42 Å². The van der Waals surface area contributed by atoms with E-state index < -0.39 is 9.84 Å². The summed E-state index contributed by atoms with van der Waals surface area (Å²) in [5, 5.41) is 7.69. The van der Waals surface area contributed by atoms with Gasteiger partial charge in [-0.3, -0.25) is 0 Å². The zero-order chi connectivity index (χ0) is 13.2. The molecule has 0 aliphatic carbocycles. The molecule has 0 aliphatic heterocycles. The van der Waals surface area contributed by atoms with Crippen LogP contribution in [0, 0.1) is 0 Å². The van der Waals surface area contributed by atoms with E-state index in [-0.39, 0.29) is 4.90 Å². The Morgan fingerprint density at radius 2 is 2.11 bits per heavy atom. The maximum Gasteiger partial charge on any atom is 0.247 e. The van der Waals surface area contributed by atoms with Crippen molar-refractivity contribution < 1.29 is 12.8 Å². The third-order valence-corrected chi connectivity index (χ3v) is 3.44. The summed E-state index contributed by atoms with van der Waals surface area (Å²) in [5.41, 5.74) is 5.96. The van der Waals surface area contributed by atoms with Gasteiger partial charge in [0.05, 0.1) is 4.90 Å². The average molecular weight is 267 g/mol. The van der Waals surface area contributed by atoms with Crippen molar-refractivity contribution in [2.45, 2.75) is 11.3 Å². The normalized spacial score (nSPS) is 11.7. The van der Waals surface area contributed by atoms with Crippen LogP contribution in [0.1, 0.15) is 5.89 Å². The molecule has 0 saturated carbocycles. The van der Waals surface area contributed by atoms with Gasteiger partial charge < -0.3 is 10.2 Å². The van der Waals surface area contributed by atoms with E-state index in [1.54, 1.807) is 12.1 Å². The molecule has 7 heteroatoms. The highest BCUT2D eigenvalue weighted by atomic mass is 32.2. The topological polar surface area (TPSA) is 99.1 Å². The molecule has 0 saturated heterocycles. The molecule has 2 aromatic rings. The smallest absolute Gasteiger partial charge is 0.247 e. The Bertz CT molecular complexity index is 649. The van der Waals surface area contributed by atoms with E-state index in [2.05, 4.69) is 10.2 Å². The number of rotatable bonds is 4. The van der Waals surface area contributed by atoms with Gasteiger partial charge in [-0.1, -0.05) is 6.07 Å². The molecular formula is C11H13N3O3S. The fourth-order valence-electron chi connectivity index (χ4n) is 1.45. The van der Waals surface area contributed by atoms with E-state index in [1.807, 2.05) is 0 Å². The Morgan fingerprint density at radius 3 is 2.78 bits per heavy atom. The Balaban J connectivity index is 2.38. The summed E-state index contributed by atoms with van der Waals surface area (Å²) in [6, 6.07) is 6.39. The number of sulfone groups is 1. The lowest BCUT2D eigenvalue weighted by Gasteiger charge is -1.99. The molecule has 0 fully saturated rings. The molecule has 96 valence electrons. The lowest BCUT2D eigenvalue weighted by molar-refractivity contribution is 0.507. The van der Waals surface area contributed by atoms with Gasteiger partial charge >= 0.3 is 0 Å². The molecule has 2 N–H and O–H groups in total. The summed E-state index contributed by atoms with van der Waals surface area (Å²) in [6.07, 6.45) is 1.65. The Morgan fingerprint density at radius 1 is 1.33 bits per heavy atom. The van der Waals surface area contributed by atoms with Crippen molar-refractivity contribution in [3.8, 4) is 11.5 Å². The molecule has 1 heterocycles. The summed E-state index contributed by atoms with van der Waals surface area (Å²) in [7, 11) is -3.25. The van der Waals surface area contributed by atoms with Crippen LogP contribution in [0.15, 0.2) is 33.6 Å². The summed E-state index contributed by atoms with van der Waals surface area (Å²) in [5.74, 6) is 0.737. The van der Waals surface area contributed by atoms with Crippen LogP contribution in [0.5, 0.6) is 0 Å². The second-order valence-corrected chi connectivity index (χ2v) is 5.86. The van der Waals surface area contributed by atoms with Crippen LogP contribution >= 0.6 is 0 Å². The lowest BCUT2D eigenvalue weighted by Crippen LogP contribution is -2.02. The van der Waals surface area contributed by atoms with Gasteiger partial charge in [-0.2, -0.15) is 0 Å². The second-order valence-electron chi connectivity index (χ2n) is 3.84. The number of nitrogens with zero attached hydrogens (tertiary/aromatic N) is 2. The largest absolute Gasteiger partial charge is 0.421 e. The van der Waals surface area contributed by atoms with Gasteiger partial charge in [0.15, 0.2) is 9.84 Å². The first-order valence-electron chi connectivity index (χ1n) is 5.33. The van der Waals surface area contributed by atoms with Crippen LogP contribution in [-0.4, -0.2) is 31.4 Å². The van der Waals surface area contributed by atoms with Crippen LogP contribution < -0.4 is 5.73 Å². The molecule has 6 nitrogen and oxygen atoms in total. The zero-order valence-electron chi connectivity index (χ0n) is 9.83. The van der Waals surface area contributed by atoms with E-state index in [1.165, 1.54) is 12.1 Å². The van der Waals surface area contributed by atoms with Crippen LogP contribution in [-0.2, 0) is 16.3 Å². The molecule has 0 radical (unpaired) electrons. The van der Waals surface area contributed by atoms with E-state index >= 15 is 0 Å². The predicted molar refractivity (Wildman–Crippen MR) is 65.6 cm³/mol. The highest BCUT2D eigenvalue weighted by molar-refractivity contribution is 7.90. The number of hydrogen-bond donors (Lipinski definition) is 1. The maximum absolute atomic E-state index is 11.4. The van der Waals surface area contributed by atoms with E-state index in [0.717, 1.165) is 6.26 Å². The van der Waals surface area contributed by atoms with Gasteiger partial charge in [-0.05, 0) is 18.2 Å². The first-order valence-corrected chi connectivity index (χ1v) is 7.23. The predicted octanol–water partition coefficient (Wildman–Crippen LogP) is 0.641. The summed E-state index contributed by atoms with van der Waals surface area (Å²) < 4.78 is 28.3. The Kier molecular flexibility index (Phi) is 3.44. The monoisotopic (exact) mass is 267 g/mol. The van der Waals surface area contributed by atoms with Crippen LogP contribution in [0.4, 0.5) is 0 Å². The van der Waals surface area contributed by atoms with Gasteiger partial charge in [0.1, 0.15) is 0 Å². The van der Waals surface area contributed by atoms with Crippen molar-refractivity contribution >= 4 is 9.84 Å². The summed E-state index contributed by atoms with van der Waals surface area (Å²) in [6.45, 7) is 0.422. The lowest BCUT2D eigenvalue weighted by atomic mass is 10.2. The Labute approximate surface area is 105 Å². The van der Waals surface area contributed by atoms with Crippen molar-refractivity contribution in [1.82, 2.24) is 10.2 Å². The minimum Gasteiger partial charge on any atom is -0.421 e. The van der Waals surface area contributed by atoms with Crippen molar-refractivity contribution in [3.63, 3.8) is 0 Å². The second kappa shape index (κ2) is 4.87. The molecule has 0 unspecified atom stereocenters. The molecular weight excluding hydrogens is 254 g/mol. The SMILES string of the molecule is CS(=O)(=O)c1cccc(-c2nnc(CCN)o2)c1. The molecule has 0 atom stereocenters. The van der Waals surface area contributed by atoms with Gasteiger partial charge in [0, 0.05) is 24.8 Å². The Hall–Kier alpha value is -1.73. The molecule has 0 bridgehead atoms. The summed E-state index contributed by atoms with van der Waals surface area (Å²) in [4.78, 5) is 0.221. The molecule has 2 rings (SSSR count). The molecule has 1 aromatic carbocycles. The van der Waals surface area contributed by atoms with Gasteiger partial charge in [-0.25, -0.2) is 8.42 Å². The fraction of sp³-hybridized carbons (Fsp3) is 0.273. The average Bonchev–Trinajstić information content (AvgIpc) is 2.77. The van der Waals surface area contributed by atoms with Crippen LogP contribution in [0.25, 0.3) is 11.5 Å². The number of benzene rings is 1. The van der Waals surface area contributed by atoms with Crippen molar-refractivity contribution in [1.29, 1.82) is 0 Å². The highest BCUT2D eigenvalue weighted by Gasteiger charge is 2.12. The van der Waals surface area contributed by atoms with Crippen molar-refractivity contribution in [2.75, 3.05) is 12.8 Å². The van der Waals surface area contributed by atoms with Crippen LogP contribution in [0.3, 0.4) is 0 Å². The van der Waals surface area contributed by atoms with Crippen molar-refractivity contribution in [2.24, 2.45) is 5.73 Å². The van der Waals surface area contributed by atoms with Gasteiger partial charge in [0.25, 0.3) is 0 Å². The molecule has 0 spiro atoms. The standard InChI is InChI=1S/C11H13N3O3S/c1-18(15,16)9-4-2-3-8(7-9)11-14-13-10(17-11)5-6-12/h2-4,7H,5-6,12H2,1H3. The maximum atomic E-state index is 11.4. The number of hydrogen-bond acceptors (Lipinski definition) is 6. The fourth-order valence-corrected chi connectivity index (χ4v) is 2.12. The first-order chi connectivity index (χ1) is 8.50. The molecule has 0 amide bonds. The quantitative estimate of drug-likeness (QED) is 0.872. The first kappa shape index (κ1) is 12.7. The highest BCUT2D eigenvalue weighted by Crippen LogP contribution is 2.21. The van der Waals surface area contributed by atoms with Gasteiger partial charge in [-0.15, -0.1) is 10.2 Å². The molecule has 0 aliphatic rings. The third kappa shape index (κ3) is 2.74. The van der Waals surface area contributed by atoms with Gasteiger partial charge in [0.2, 0.25) is 11.8 Å². The molecule has 1 aromatic heterocycles. The van der Waals surface area contributed by atoms with Crippen LogP contribution in [0.2, 0.25) is 0 Å².